The minimum absolute atomic E-state index is 0.0688. The number of aliphatic carboxylic acids is 1. The molecule has 42 heavy (non-hydrogen) atoms. The molecule has 2 rings (SSSR count). The third-order valence-corrected chi connectivity index (χ3v) is 8.36. The van der Waals surface area contributed by atoms with E-state index in [4.69, 9.17) is 14.2 Å². The highest BCUT2D eigenvalue weighted by Crippen LogP contribution is 2.36. The molecule has 10 nitrogen and oxygen atoms in total. The van der Waals surface area contributed by atoms with Gasteiger partial charge in [-0.25, -0.2) is 4.79 Å². The summed E-state index contributed by atoms with van der Waals surface area (Å²) >= 11 is 0. The third-order valence-electron chi connectivity index (χ3n) is 8.36. The van der Waals surface area contributed by atoms with E-state index in [9.17, 15) is 29.4 Å². The standard InChI is InChI=1S/C32H49NO9/c1-21(18-23(3)27(34)20-40-5)12-8-7-9-13-22(2)28(41-6)19-25-16-15-24(4)32(39,42-25)29(35)30(36)33-17-11-10-14-26(33)31(37)38/h7-9,12-13,21,23-26,28,39H,10-11,14-20H2,1-6H3,(H,37,38)/b9-7+,12-8+,22-13+/t21-,23-,24-,25+,26+,28+,32-/m1/s1. The number of amides is 1. The quantitative estimate of drug-likeness (QED) is 0.215. The van der Waals surface area contributed by atoms with Crippen molar-refractivity contribution in [3.63, 3.8) is 0 Å². The first-order valence-electron chi connectivity index (χ1n) is 14.9. The summed E-state index contributed by atoms with van der Waals surface area (Å²) in [5.41, 5.74) is 0.916. The molecule has 0 saturated carbocycles. The fourth-order valence-corrected chi connectivity index (χ4v) is 5.61. The lowest BCUT2D eigenvalue weighted by Gasteiger charge is -2.42. The van der Waals surface area contributed by atoms with E-state index in [1.54, 1.807) is 14.0 Å². The van der Waals surface area contributed by atoms with Gasteiger partial charge in [-0.3, -0.25) is 14.4 Å². The van der Waals surface area contributed by atoms with Crippen molar-refractivity contribution < 1.29 is 43.6 Å². The summed E-state index contributed by atoms with van der Waals surface area (Å²) in [4.78, 5) is 51.0. The van der Waals surface area contributed by atoms with Crippen molar-refractivity contribution in [2.45, 2.75) is 96.7 Å². The molecule has 236 valence electrons. The zero-order valence-electron chi connectivity index (χ0n) is 25.9. The minimum atomic E-state index is -2.33. The molecule has 1 amide bonds. The van der Waals surface area contributed by atoms with Gasteiger partial charge in [0, 0.05) is 39.0 Å². The number of carboxylic acids is 1. The number of hydrogen-bond acceptors (Lipinski definition) is 8. The summed E-state index contributed by atoms with van der Waals surface area (Å²) in [6, 6.07) is -1.08. The van der Waals surface area contributed by atoms with Crippen LogP contribution in [0.3, 0.4) is 0 Å². The van der Waals surface area contributed by atoms with Gasteiger partial charge in [0.1, 0.15) is 12.6 Å². The highest BCUT2D eigenvalue weighted by atomic mass is 16.6. The van der Waals surface area contributed by atoms with Crippen molar-refractivity contribution in [2.24, 2.45) is 17.8 Å². The van der Waals surface area contributed by atoms with Crippen molar-refractivity contribution in [1.29, 1.82) is 0 Å². The Kier molecular flexibility index (Phi) is 14.2. The molecule has 2 N–H and O–H groups in total. The molecule has 0 aromatic heterocycles. The number of hydrogen-bond donors (Lipinski definition) is 2. The molecule has 0 aliphatic carbocycles. The van der Waals surface area contributed by atoms with E-state index in [2.05, 4.69) is 6.92 Å². The van der Waals surface area contributed by atoms with Gasteiger partial charge >= 0.3 is 5.97 Å². The van der Waals surface area contributed by atoms with E-state index in [-0.39, 0.29) is 43.3 Å². The average molecular weight is 592 g/mol. The van der Waals surface area contributed by atoms with Gasteiger partial charge in [0.25, 0.3) is 11.7 Å². The summed E-state index contributed by atoms with van der Waals surface area (Å²) in [7, 11) is 3.10. The zero-order chi connectivity index (χ0) is 31.4. The molecule has 2 fully saturated rings. The number of allylic oxidation sites excluding steroid dienone is 5. The van der Waals surface area contributed by atoms with Gasteiger partial charge in [0.15, 0.2) is 5.78 Å². The normalized spacial score (nSPS) is 27.6. The first-order valence-corrected chi connectivity index (χ1v) is 14.9. The second-order valence-corrected chi connectivity index (χ2v) is 11.7. The fraction of sp³-hybridized carbons (Fsp3) is 0.688. The van der Waals surface area contributed by atoms with Crippen LogP contribution in [0.25, 0.3) is 0 Å². The number of nitrogens with zero attached hydrogens (tertiary/aromatic N) is 1. The van der Waals surface area contributed by atoms with Crippen LogP contribution >= 0.6 is 0 Å². The Bertz CT molecular complexity index is 1040. The van der Waals surface area contributed by atoms with Crippen molar-refractivity contribution in [1.82, 2.24) is 4.90 Å². The van der Waals surface area contributed by atoms with Crippen molar-refractivity contribution in [3.05, 3.63) is 36.0 Å². The first kappa shape index (κ1) is 35.5. The van der Waals surface area contributed by atoms with Crippen LogP contribution in [0.2, 0.25) is 0 Å². The summed E-state index contributed by atoms with van der Waals surface area (Å²) in [6.07, 6.45) is 12.5. The number of carbonyl (C=O) groups is 4. The molecule has 10 heteroatoms. The van der Waals surface area contributed by atoms with Crippen molar-refractivity contribution in [2.75, 3.05) is 27.4 Å². The van der Waals surface area contributed by atoms with Gasteiger partial charge in [-0.1, -0.05) is 51.2 Å². The molecule has 0 aromatic rings. The number of rotatable bonds is 15. The fourth-order valence-electron chi connectivity index (χ4n) is 5.61. The van der Waals surface area contributed by atoms with E-state index in [1.165, 1.54) is 7.11 Å². The third kappa shape index (κ3) is 9.69. The average Bonchev–Trinajstić information content (AvgIpc) is 2.96. The van der Waals surface area contributed by atoms with Crippen molar-refractivity contribution >= 4 is 23.4 Å². The molecule has 2 heterocycles. The predicted octanol–water partition coefficient (Wildman–Crippen LogP) is 3.87. The van der Waals surface area contributed by atoms with Gasteiger partial charge in [-0.05, 0) is 56.9 Å². The van der Waals surface area contributed by atoms with E-state index >= 15 is 0 Å². The molecular weight excluding hydrogens is 542 g/mol. The van der Waals surface area contributed by atoms with Crippen LogP contribution in [0.1, 0.15) is 72.6 Å². The van der Waals surface area contributed by atoms with Crippen LogP contribution in [-0.2, 0) is 33.4 Å². The van der Waals surface area contributed by atoms with E-state index in [0.29, 0.717) is 32.1 Å². The van der Waals surface area contributed by atoms with Gasteiger partial charge < -0.3 is 29.3 Å². The number of carboxylic acid groups (broad SMARTS) is 1. The Morgan fingerprint density at radius 3 is 2.43 bits per heavy atom. The maximum atomic E-state index is 13.3. The summed E-state index contributed by atoms with van der Waals surface area (Å²) in [5, 5.41) is 20.8. The number of ketones is 2. The molecule has 0 spiro atoms. The van der Waals surface area contributed by atoms with Gasteiger partial charge in [0.2, 0.25) is 5.79 Å². The maximum Gasteiger partial charge on any atom is 0.326 e. The minimum Gasteiger partial charge on any atom is -0.480 e. The molecular formula is C32H49NO9. The second kappa shape index (κ2) is 16.8. The monoisotopic (exact) mass is 591 g/mol. The Morgan fingerprint density at radius 1 is 1.07 bits per heavy atom. The number of carbonyl (C=O) groups excluding carboxylic acids is 3. The highest BCUT2D eigenvalue weighted by molar-refractivity contribution is 6.39. The molecule has 0 bridgehead atoms. The number of methoxy groups -OCH3 is 2. The van der Waals surface area contributed by atoms with Gasteiger partial charge in [-0.2, -0.15) is 0 Å². The topological polar surface area (TPSA) is 140 Å². The number of Topliss-reactive ketones (excluding diaryl/α,β-unsaturated/α-hetero) is 2. The van der Waals surface area contributed by atoms with E-state index < -0.39 is 41.5 Å². The largest absolute Gasteiger partial charge is 0.480 e. The second-order valence-electron chi connectivity index (χ2n) is 11.7. The Morgan fingerprint density at radius 2 is 1.79 bits per heavy atom. The van der Waals surface area contributed by atoms with Gasteiger partial charge in [-0.15, -0.1) is 0 Å². The first-order chi connectivity index (χ1) is 19.8. The van der Waals surface area contributed by atoms with Crippen LogP contribution in [-0.4, -0.2) is 90.0 Å². The molecule has 2 saturated heterocycles. The Hall–Kier alpha value is -2.66. The molecule has 7 atom stereocenters. The summed E-state index contributed by atoms with van der Waals surface area (Å²) in [6.45, 7) is 7.83. The molecule has 2 aliphatic rings. The molecule has 0 unspecified atom stereocenters. The van der Waals surface area contributed by atoms with Crippen LogP contribution in [0, 0.1) is 17.8 Å². The predicted molar refractivity (Wildman–Crippen MR) is 157 cm³/mol. The number of ether oxygens (including phenoxy) is 3. The highest BCUT2D eigenvalue weighted by Gasteiger charge is 2.52. The lowest BCUT2D eigenvalue weighted by atomic mass is 9.85. The number of aliphatic hydroxyl groups is 1. The van der Waals surface area contributed by atoms with Crippen LogP contribution in [0.15, 0.2) is 36.0 Å². The summed E-state index contributed by atoms with van der Waals surface area (Å²) < 4.78 is 16.5. The Balaban J connectivity index is 2.00. The summed E-state index contributed by atoms with van der Waals surface area (Å²) in [5.74, 6) is -6.00. The Labute approximate surface area is 249 Å². The van der Waals surface area contributed by atoms with E-state index in [0.717, 1.165) is 16.9 Å². The smallest absolute Gasteiger partial charge is 0.326 e. The van der Waals surface area contributed by atoms with Crippen LogP contribution in [0.4, 0.5) is 0 Å². The lowest BCUT2D eigenvalue weighted by Crippen LogP contribution is -2.60. The van der Waals surface area contributed by atoms with E-state index in [1.807, 2.05) is 44.2 Å². The zero-order valence-corrected chi connectivity index (χ0v) is 25.9. The number of likely N-dealkylation sites (tertiary alicyclic amines) is 1. The molecule has 0 aromatic carbocycles. The molecule has 0 radical (unpaired) electrons. The SMILES string of the molecule is COCC(=O)[C@H](C)C[C@H](C)/C=C/C=C/C=C(\C)[C@H](C[C@@H]1CC[C@@H](C)[C@](O)(C(=O)C(=O)N2CCCC[C@H]2C(=O)O)O1)OC. The maximum absolute atomic E-state index is 13.3. The molecule has 2 aliphatic heterocycles. The lowest BCUT2D eigenvalue weighted by molar-refractivity contribution is -0.265. The van der Waals surface area contributed by atoms with Crippen LogP contribution < -0.4 is 0 Å². The van der Waals surface area contributed by atoms with Crippen LogP contribution in [0.5, 0.6) is 0 Å². The van der Waals surface area contributed by atoms with Crippen molar-refractivity contribution in [3.8, 4) is 0 Å². The van der Waals surface area contributed by atoms with Gasteiger partial charge in [0.05, 0.1) is 12.2 Å². The number of piperidine rings is 1.